The summed E-state index contributed by atoms with van der Waals surface area (Å²) in [6.45, 7) is 5.59. The summed E-state index contributed by atoms with van der Waals surface area (Å²) in [5, 5.41) is 0. The topological polar surface area (TPSA) is 72.9 Å². The van der Waals surface area contributed by atoms with E-state index in [1.165, 1.54) is 4.90 Å². The van der Waals surface area contributed by atoms with Gasteiger partial charge in [0.2, 0.25) is 5.91 Å². The number of carbonyl (C=O) groups excluding carboxylic acids is 3. The molecule has 28 heavy (non-hydrogen) atoms. The second-order valence-corrected chi connectivity index (χ2v) is 8.80. The van der Waals surface area contributed by atoms with Gasteiger partial charge in [0.15, 0.2) is 0 Å². The molecule has 0 bridgehead atoms. The third kappa shape index (κ3) is 5.57. The second kappa shape index (κ2) is 8.33. The van der Waals surface area contributed by atoms with E-state index in [1.807, 2.05) is 30.3 Å². The van der Waals surface area contributed by atoms with E-state index in [9.17, 15) is 14.4 Å². The maximum atomic E-state index is 13.2. The standard InChI is InChI=1S/C22H29NO5/c1-22(2,3)28-19(24)13-17(11-16-9-10-16)20(25)23-18(14-27-21(23)26)12-15-7-5-4-6-8-15/h4-8,16-18H,9-14H2,1-3H3/t17-,18+/m1/s1. The minimum absolute atomic E-state index is 0.00552. The number of benzene rings is 1. The highest BCUT2D eigenvalue weighted by Gasteiger charge is 2.43. The Morgan fingerprint density at radius 2 is 1.89 bits per heavy atom. The van der Waals surface area contributed by atoms with Crippen molar-refractivity contribution in [2.75, 3.05) is 6.61 Å². The summed E-state index contributed by atoms with van der Waals surface area (Å²) >= 11 is 0. The van der Waals surface area contributed by atoms with Crippen molar-refractivity contribution < 1.29 is 23.9 Å². The van der Waals surface area contributed by atoms with E-state index in [0.29, 0.717) is 18.8 Å². The number of ether oxygens (including phenoxy) is 2. The van der Waals surface area contributed by atoms with Gasteiger partial charge >= 0.3 is 12.1 Å². The van der Waals surface area contributed by atoms with Gasteiger partial charge in [-0.25, -0.2) is 9.69 Å². The van der Waals surface area contributed by atoms with Crippen molar-refractivity contribution in [3.63, 3.8) is 0 Å². The van der Waals surface area contributed by atoms with E-state index in [4.69, 9.17) is 9.47 Å². The smallest absolute Gasteiger partial charge is 0.416 e. The highest BCUT2D eigenvalue weighted by Crippen LogP contribution is 2.37. The van der Waals surface area contributed by atoms with E-state index in [0.717, 1.165) is 18.4 Å². The van der Waals surface area contributed by atoms with E-state index in [2.05, 4.69) is 0 Å². The third-order valence-corrected chi connectivity index (χ3v) is 5.01. The Bertz CT molecular complexity index is 720. The molecule has 2 aliphatic rings. The summed E-state index contributed by atoms with van der Waals surface area (Å²) in [4.78, 5) is 39.1. The molecule has 6 nitrogen and oxygen atoms in total. The number of carbonyl (C=O) groups is 3. The molecular weight excluding hydrogens is 358 g/mol. The fraction of sp³-hybridized carbons (Fsp3) is 0.591. The van der Waals surface area contributed by atoms with Crippen molar-refractivity contribution in [1.82, 2.24) is 4.90 Å². The molecule has 1 saturated carbocycles. The van der Waals surface area contributed by atoms with Crippen LogP contribution in [-0.2, 0) is 25.5 Å². The molecule has 1 aromatic carbocycles. The number of esters is 1. The van der Waals surface area contributed by atoms with Gasteiger partial charge in [-0.1, -0.05) is 43.2 Å². The lowest BCUT2D eigenvalue weighted by atomic mass is 9.95. The number of amides is 2. The largest absolute Gasteiger partial charge is 0.460 e. The summed E-state index contributed by atoms with van der Waals surface area (Å²) in [5.74, 6) is -0.825. The molecule has 0 N–H and O–H groups in total. The van der Waals surface area contributed by atoms with E-state index < -0.39 is 23.6 Å². The first-order valence-electron chi connectivity index (χ1n) is 9.98. The molecule has 3 rings (SSSR count). The normalized spacial score (nSPS) is 20.6. The molecule has 1 aromatic rings. The predicted octanol–water partition coefficient (Wildman–Crippen LogP) is 3.72. The van der Waals surface area contributed by atoms with Gasteiger partial charge in [-0.05, 0) is 45.1 Å². The van der Waals surface area contributed by atoms with Crippen LogP contribution in [0.4, 0.5) is 4.79 Å². The number of hydrogen-bond acceptors (Lipinski definition) is 5. The maximum absolute atomic E-state index is 13.2. The Morgan fingerprint density at radius 3 is 2.50 bits per heavy atom. The van der Waals surface area contributed by atoms with Gasteiger partial charge in [0.05, 0.1) is 12.5 Å². The van der Waals surface area contributed by atoms with Crippen molar-refractivity contribution in [2.45, 2.75) is 64.5 Å². The highest BCUT2D eigenvalue weighted by atomic mass is 16.6. The van der Waals surface area contributed by atoms with Crippen molar-refractivity contribution >= 4 is 18.0 Å². The molecule has 152 valence electrons. The Balaban J connectivity index is 1.71. The van der Waals surface area contributed by atoms with Crippen molar-refractivity contribution in [1.29, 1.82) is 0 Å². The molecule has 0 spiro atoms. The van der Waals surface area contributed by atoms with E-state index in [1.54, 1.807) is 20.8 Å². The molecule has 0 aromatic heterocycles. The summed E-state index contributed by atoms with van der Waals surface area (Å²) in [7, 11) is 0. The molecule has 0 unspecified atom stereocenters. The van der Waals surface area contributed by atoms with Gasteiger partial charge in [-0.3, -0.25) is 9.59 Å². The number of imide groups is 1. The molecular formula is C22H29NO5. The Morgan fingerprint density at radius 1 is 1.21 bits per heavy atom. The van der Waals surface area contributed by atoms with Crippen molar-refractivity contribution in [3.8, 4) is 0 Å². The Labute approximate surface area is 166 Å². The summed E-state index contributed by atoms with van der Waals surface area (Å²) in [5.41, 5.74) is 0.432. The first-order chi connectivity index (χ1) is 13.2. The van der Waals surface area contributed by atoms with E-state index in [-0.39, 0.29) is 25.0 Å². The number of hydrogen-bond donors (Lipinski definition) is 0. The average Bonchev–Trinajstić information content (AvgIpc) is 3.35. The zero-order valence-electron chi connectivity index (χ0n) is 16.8. The number of rotatable bonds is 7. The first kappa shape index (κ1) is 20.4. The van der Waals surface area contributed by atoms with Crippen LogP contribution < -0.4 is 0 Å². The van der Waals surface area contributed by atoms with Crippen LogP contribution in [0.5, 0.6) is 0 Å². The molecule has 0 radical (unpaired) electrons. The lowest BCUT2D eigenvalue weighted by molar-refractivity contribution is -0.158. The van der Waals surface area contributed by atoms with E-state index >= 15 is 0 Å². The zero-order valence-corrected chi connectivity index (χ0v) is 16.8. The van der Waals surface area contributed by atoms with Crippen LogP contribution in [0.25, 0.3) is 0 Å². The lowest BCUT2D eigenvalue weighted by Gasteiger charge is -2.26. The van der Waals surface area contributed by atoms with Gasteiger partial charge in [0.25, 0.3) is 0 Å². The van der Waals surface area contributed by atoms with Crippen LogP contribution in [0.2, 0.25) is 0 Å². The number of nitrogens with zero attached hydrogens (tertiary/aromatic N) is 1. The summed E-state index contributed by atoms with van der Waals surface area (Å²) in [6.07, 6.45) is 2.66. The van der Waals surface area contributed by atoms with Gasteiger partial charge in [0.1, 0.15) is 12.2 Å². The molecule has 1 aliphatic carbocycles. The minimum Gasteiger partial charge on any atom is -0.460 e. The SMILES string of the molecule is CC(C)(C)OC(=O)C[C@@H](CC1CC1)C(=O)N1C(=O)OC[C@@H]1Cc1ccccc1. The van der Waals surface area contributed by atoms with Crippen LogP contribution in [0, 0.1) is 11.8 Å². The predicted molar refractivity (Wildman–Crippen MR) is 103 cm³/mol. The van der Waals surface area contributed by atoms with Gasteiger partial charge in [-0.15, -0.1) is 0 Å². The van der Waals surface area contributed by atoms with Gasteiger partial charge in [0, 0.05) is 5.92 Å². The Hall–Kier alpha value is -2.37. The zero-order chi connectivity index (χ0) is 20.3. The summed E-state index contributed by atoms with van der Waals surface area (Å²) < 4.78 is 10.6. The van der Waals surface area contributed by atoms with Crippen molar-refractivity contribution in [2.24, 2.45) is 11.8 Å². The van der Waals surface area contributed by atoms with Gasteiger partial charge < -0.3 is 9.47 Å². The molecule has 2 atom stereocenters. The number of cyclic esters (lactones) is 1. The molecule has 1 aliphatic heterocycles. The molecule has 2 amide bonds. The fourth-order valence-corrected chi connectivity index (χ4v) is 3.58. The third-order valence-electron chi connectivity index (χ3n) is 5.01. The molecule has 6 heteroatoms. The minimum atomic E-state index is -0.615. The quantitative estimate of drug-likeness (QED) is 0.667. The van der Waals surface area contributed by atoms with Crippen LogP contribution in [0.3, 0.4) is 0 Å². The van der Waals surface area contributed by atoms with Crippen molar-refractivity contribution in [3.05, 3.63) is 35.9 Å². The first-order valence-corrected chi connectivity index (χ1v) is 9.98. The molecule has 2 fully saturated rings. The average molecular weight is 387 g/mol. The van der Waals surface area contributed by atoms with Crippen LogP contribution >= 0.6 is 0 Å². The fourth-order valence-electron chi connectivity index (χ4n) is 3.58. The summed E-state index contributed by atoms with van der Waals surface area (Å²) in [6, 6.07) is 9.37. The highest BCUT2D eigenvalue weighted by molar-refractivity contribution is 5.96. The van der Waals surface area contributed by atoms with Crippen LogP contribution in [0.15, 0.2) is 30.3 Å². The molecule has 1 heterocycles. The Kier molecular flexibility index (Phi) is 6.06. The van der Waals surface area contributed by atoms with Gasteiger partial charge in [-0.2, -0.15) is 0 Å². The lowest BCUT2D eigenvalue weighted by Crippen LogP contribution is -2.44. The molecule has 1 saturated heterocycles. The van der Waals surface area contributed by atoms with Crippen LogP contribution in [0.1, 0.15) is 52.0 Å². The monoisotopic (exact) mass is 387 g/mol. The van der Waals surface area contributed by atoms with Crippen LogP contribution in [-0.4, -0.2) is 41.1 Å². The second-order valence-electron chi connectivity index (χ2n) is 8.80. The maximum Gasteiger partial charge on any atom is 0.416 e.